The molecule has 0 bridgehead atoms. The van der Waals surface area contributed by atoms with Crippen LogP contribution in [-0.4, -0.2) is 7.05 Å². The van der Waals surface area contributed by atoms with Crippen LogP contribution in [0, 0.1) is 26.6 Å². The maximum Gasteiger partial charge on any atom is 0.125 e. The zero-order valence-electron chi connectivity index (χ0n) is 13.1. The van der Waals surface area contributed by atoms with Crippen molar-refractivity contribution in [1.29, 1.82) is 0 Å². The molecule has 21 heavy (non-hydrogen) atoms. The molecule has 0 saturated carbocycles. The molecule has 0 spiro atoms. The van der Waals surface area contributed by atoms with Gasteiger partial charge in [0.15, 0.2) is 0 Å². The van der Waals surface area contributed by atoms with Gasteiger partial charge in [-0.05, 0) is 67.8 Å². The number of ether oxygens (including phenoxy) is 1. The fourth-order valence-corrected chi connectivity index (χ4v) is 2.52. The van der Waals surface area contributed by atoms with E-state index in [1.807, 2.05) is 27.8 Å². The summed E-state index contributed by atoms with van der Waals surface area (Å²) >= 11 is 0. The standard InChI is InChI=1S/C18H22FNO/c1-12-5-6-17(19)9-16(12)11-21-18-13(2)7-15(10-20-4)8-14(18)3/h5-9,20H,10-11H2,1-4H3. The summed E-state index contributed by atoms with van der Waals surface area (Å²) in [7, 11) is 1.93. The SMILES string of the molecule is CNCc1cc(C)c(OCc2cc(F)ccc2C)c(C)c1. The Kier molecular flexibility index (Phi) is 4.97. The van der Waals surface area contributed by atoms with E-state index in [1.165, 1.54) is 17.7 Å². The Balaban J connectivity index is 2.18. The van der Waals surface area contributed by atoms with Crippen molar-refractivity contribution in [1.82, 2.24) is 5.32 Å². The Hall–Kier alpha value is -1.87. The van der Waals surface area contributed by atoms with Crippen molar-refractivity contribution in [3.8, 4) is 5.75 Å². The quantitative estimate of drug-likeness (QED) is 0.895. The van der Waals surface area contributed by atoms with Gasteiger partial charge < -0.3 is 10.1 Å². The second kappa shape index (κ2) is 6.72. The van der Waals surface area contributed by atoms with Gasteiger partial charge in [-0.25, -0.2) is 4.39 Å². The summed E-state index contributed by atoms with van der Waals surface area (Å²) in [4.78, 5) is 0. The molecule has 0 aromatic heterocycles. The third kappa shape index (κ3) is 3.82. The Morgan fingerprint density at radius 1 is 1.00 bits per heavy atom. The number of halogens is 1. The number of nitrogens with one attached hydrogen (secondary N) is 1. The number of benzene rings is 2. The van der Waals surface area contributed by atoms with Gasteiger partial charge in [0, 0.05) is 6.54 Å². The van der Waals surface area contributed by atoms with Gasteiger partial charge in [-0.3, -0.25) is 0 Å². The molecule has 0 atom stereocenters. The zero-order chi connectivity index (χ0) is 15.4. The highest BCUT2D eigenvalue weighted by Gasteiger charge is 2.08. The number of aryl methyl sites for hydroxylation is 3. The summed E-state index contributed by atoms with van der Waals surface area (Å²) in [6.07, 6.45) is 0. The first-order valence-electron chi connectivity index (χ1n) is 7.14. The maximum atomic E-state index is 13.3. The molecule has 0 aliphatic carbocycles. The molecule has 2 rings (SSSR count). The lowest BCUT2D eigenvalue weighted by molar-refractivity contribution is 0.300. The summed E-state index contributed by atoms with van der Waals surface area (Å²) in [6.45, 7) is 7.27. The minimum Gasteiger partial charge on any atom is -0.488 e. The van der Waals surface area contributed by atoms with E-state index in [0.29, 0.717) is 6.61 Å². The Morgan fingerprint density at radius 2 is 1.67 bits per heavy atom. The maximum absolute atomic E-state index is 13.3. The predicted octanol–water partition coefficient (Wildman–Crippen LogP) is 4.05. The van der Waals surface area contributed by atoms with Crippen LogP contribution in [0.3, 0.4) is 0 Å². The fourth-order valence-electron chi connectivity index (χ4n) is 2.52. The normalized spacial score (nSPS) is 10.7. The summed E-state index contributed by atoms with van der Waals surface area (Å²) in [5.74, 6) is 0.663. The van der Waals surface area contributed by atoms with Crippen molar-refractivity contribution in [2.45, 2.75) is 33.9 Å². The van der Waals surface area contributed by atoms with Crippen molar-refractivity contribution in [2.24, 2.45) is 0 Å². The molecule has 0 amide bonds. The van der Waals surface area contributed by atoms with Crippen LogP contribution >= 0.6 is 0 Å². The molecule has 0 radical (unpaired) electrons. The van der Waals surface area contributed by atoms with Gasteiger partial charge in [0.1, 0.15) is 18.2 Å². The van der Waals surface area contributed by atoms with E-state index in [2.05, 4.69) is 17.4 Å². The first-order valence-corrected chi connectivity index (χ1v) is 7.14. The molecule has 112 valence electrons. The van der Waals surface area contributed by atoms with E-state index in [0.717, 1.165) is 34.5 Å². The second-order valence-corrected chi connectivity index (χ2v) is 5.45. The van der Waals surface area contributed by atoms with E-state index >= 15 is 0 Å². The molecule has 3 heteroatoms. The monoisotopic (exact) mass is 287 g/mol. The van der Waals surface area contributed by atoms with E-state index in [9.17, 15) is 4.39 Å². The van der Waals surface area contributed by atoms with Crippen molar-refractivity contribution in [3.63, 3.8) is 0 Å². The Morgan fingerprint density at radius 3 is 2.29 bits per heavy atom. The van der Waals surface area contributed by atoms with Gasteiger partial charge in [0.25, 0.3) is 0 Å². The van der Waals surface area contributed by atoms with Gasteiger partial charge in [-0.2, -0.15) is 0 Å². The summed E-state index contributed by atoms with van der Waals surface area (Å²) < 4.78 is 19.2. The zero-order valence-corrected chi connectivity index (χ0v) is 13.1. The van der Waals surface area contributed by atoms with Crippen molar-refractivity contribution >= 4 is 0 Å². The van der Waals surface area contributed by atoms with Crippen molar-refractivity contribution < 1.29 is 9.13 Å². The molecule has 0 aliphatic rings. The van der Waals surface area contributed by atoms with Crippen molar-refractivity contribution in [3.05, 3.63) is 64.0 Å². The molecule has 1 N–H and O–H groups in total. The van der Waals surface area contributed by atoms with E-state index in [-0.39, 0.29) is 5.82 Å². The lowest BCUT2D eigenvalue weighted by atomic mass is 10.1. The fraction of sp³-hybridized carbons (Fsp3) is 0.333. The molecule has 0 heterocycles. The Labute approximate surface area is 126 Å². The van der Waals surface area contributed by atoms with Gasteiger partial charge in [-0.1, -0.05) is 18.2 Å². The average molecular weight is 287 g/mol. The minimum absolute atomic E-state index is 0.225. The first-order chi connectivity index (χ1) is 10.0. The smallest absolute Gasteiger partial charge is 0.125 e. The highest BCUT2D eigenvalue weighted by molar-refractivity contribution is 5.43. The van der Waals surface area contributed by atoms with Crippen molar-refractivity contribution in [2.75, 3.05) is 7.05 Å². The van der Waals surface area contributed by atoms with Crippen LogP contribution in [0.1, 0.15) is 27.8 Å². The van der Waals surface area contributed by atoms with Crippen LogP contribution < -0.4 is 10.1 Å². The first kappa shape index (κ1) is 15.5. The van der Waals surface area contributed by atoms with Crippen LogP contribution in [0.2, 0.25) is 0 Å². The van der Waals surface area contributed by atoms with E-state index in [4.69, 9.17) is 4.74 Å². The largest absolute Gasteiger partial charge is 0.488 e. The highest BCUT2D eigenvalue weighted by Crippen LogP contribution is 2.26. The number of rotatable bonds is 5. The van der Waals surface area contributed by atoms with Crippen LogP contribution in [-0.2, 0) is 13.2 Å². The van der Waals surface area contributed by atoms with E-state index < -0.39 is 0 Å². The molecule has 0 aliphatic heterocycles. The van der Waals surface area contributed by atoms with Gasteiger partial charge in [0.05, 0.1) is 0 Å². The number of hydrogen-bond donors (Lipinski definition) is 1. The minimum atomic E-state index is -0.225. The van der Waals surface area contributed by atoms with Gasteiger partial charge in [-0.15, -0.1) is 0 Å². The van der Waals surface area contributed by atoms with E-state index in [1.54, 1.807) is 6.07 Å². The molecule has 2 nitrogen and oxygen atoms in total. The topological polar surface area (TPSA) is 21.3 Å². The summed E-state index contributed by atoms with van der Waals surface area (Å²) in [6, 6.07) is 9.04. The van der Waals surface area contributed by atoms with Gasteiger partial charge >= 0.3 is 0 Å². The average Bonchev–Trinajstić information content (AvgIpc) is 2.42. The van der Waals surface area contributed by atoms with Crippen LogP contribution in [0.15, 0.2) is 30.3 Å². The molecular weight excluding hydrogens is 265 g/mol. The third-order valence-corrected chi connectivity index (χ3v) is 3.58. The molecule has 0 saturated heterocycles. The summed E-state index contributed by atoms with van der Waals surface area (Å²) in [5, 5.41) is 3.15. The third-order valence-electron chi connectivity index (χ3n) is 3.58. The molecule has 2 aromatic rings. The van der Waals surface area contributed by atoms with Crippen LogP contribution in [0.4, 0.5) is 4.39 Å². The van der Waals surface area contributed by atoms with Crippen LogP contribution in [0.25, 0.3) is 0 Å². The van der Waals surface area contributed by atoms with Gasteiger partial charge in [0.2, 0.25) is 0 Å². The summed E-state index contributed by atoms with van der Waals surface area (Å²) in [5.41, 5.74) is 5.37. The Bertz CT molecular complexity index is 614. The lowest BCUT2D eigenvalue weighted by Gasteiger charge is -2.15. The van der Waals surface area contributed by atoms with Crippen LogP contribution in [0.5, 0.6) is 5.75 Å². The highest BCUT2D eigenvalue weighted by atomic mass is 19.1. The lowest BCUT2D eigenvalue weighted by Crippen LogP contribution is -2.07. The molecule has 0 unspecified atom stereocenters. The molecule has 2 aromatic carbocycles. The molecular formula is C18H22FNO. The molecule has 0 fully saturated rings. The number of hydrogen-bond acceptors (Lipinski definition) is 2. The second-order valence-electron chi connectivity index (χ2n) is 5.45. The predicted molar refractivity (Wildman–Crippen MR) is 84.1 cm³/mol.